The maximum Gasteiger partial charge on any atom is 0.0897 e. The monoisotopic (exact) mass is 171 g/mol. The normalized spacial score (nSPS) is 10.9. The number of aryl methyl sites for hydroxylation is 1. The zero-order valence-electron chi connectivity index (χ0n) is 7.13. The van der Waals surface area contributed by atoms with E-state index in [9.17, 15) is 0 Å². The SMILES string of the molecule is Cc1ncc(COC(C)C)s1. The van der Waals surface area contributed by atoms with E-state index >= 15 is 0 Å². The number of thiazole rings is 1. The van der Waals surface area contributed by atoms with Gasteiger partial charge in [-0.2, -0.15) is 0 Å². The van der Waals surface area contributed by atoms with Gasteiger partial charge in [-0.3, -0.25) is 0 Å². The lowest BCUT2D eigenvalue weighted by Crippen LogP contribution is -2.00. The summed E-state index contributed by atoms with van der Waals surface area (Å²) in [4.78, 5) is 5.34. The van der Waals surface area contributed by atoms with Gasteiger partial charge in [0.1, 0.15) is 0 Å². The van der Waals surface area contributed by atoms with E-state index in [-0.39, 0.29) is 0 Å². The van der Waals surface area contributed by atoms with Crippen molar-refractivity contribution >= 4 is 11.3 Å². The Morgan fingerprint density at radius 1 is 1.64 bits per heavy atom. The van der Waals surface area contributed by atoms with Crippen molar-refractivity contribution in [2.24, 2.45) is 0 Å². The van der Waals surface area contributed by atoms with Gasteiger partial charge in [-0.15, -0.1) is 11.3 Å². The van der Waals surface area contributed by atoms with Gasteiger partial charge in [0.05, 0.1) is 22.6 Å². The summed E-state index contributed by atoms with van der Waals surface area (Å²) in [6, 6.07) is 0. The van der Waals surface area contributed by atoms with Gasteiger partial charge < -0.3 is 4.74 Å². The van der Waals surface area contributed by atoms with Crippen molar-refractivity contribution in [2.75, 3.05) is 0 Å². The Hall–Kier alpha value is -0.410. The highest BCUT2D eigenvalue weighted by Gasteiger charge is 1.98. The Kier molecular flexibility index (Phi) is 3.02. The van der Waals surface area contributed by atoms with Crippen LogP contribution in [-0.4, -0.2) is 11.1 Å². The molecule has 0 aromatic carbocycles. The molecule has 0 saturated heterocycles. The topological polar surface area (TPSA) is 22.1 Å². The van der Waals surface area contributed by atoms with Crippen LogP contribution in [0.3, 0.4) is 0 Å². The van der Waals surface area contributed by atoms with Crippen LogP contribution in [0.25, 0.3) is 0 Å². The minimum atomic E-state index is 0.303. The molecule has 0 bridgehead atoms. The maximum absolute atomic E-state index is 5.41. The first-order valence-corrected chi connectivity index (χ1v) is 4.53. The van der Waals surface area contributed by atoms with Crippen molar-refractivity contribution < 1.29 is 4.74 Å². The Bertz CT molecular complexity index is 220. The van der Waals surface area contributed by atoms with Crippen LogP contribution in [0, 0.1) is 6.92 Å². The number of nitrogens with zero attached hydrogens (tertiary/aromatic N) is 1. The summed E-state index contributed by atoms with van der Waals surface area (Å²) >= 11 is 1.69. The molecule has 1 heterocycles. The largest absolute Gasteiger partial charge is 0.373 e. The Morgan fingerprint density at radius 2 is 2.36 bits per heavy atom. The lowest BCUT2D eigenvalue weighted by Gasteiger charge is -2.03. The van der Waals surface area contributed by atoms with Crippen molar-refractivity contribution in [3.63, 3.8) is 0 Å². The van der Waals surface area contributed by atoms with Gasteiger partial charge in [0.2, 0.25) is 0 Å². The second-order valence-electron chi connectivity index (χ2n) is 2.71. The molecular formula is C8H13NOS. The molecule has 62 valence electrons. The lowest BCUT2D eigenvalue weighted by atomic mass is 10.5. The first kappa shape index (κ1) is 8.68. The molecule has 1 aromatic rings. The van der Waals surface area contributed by atoms with Crippen LogP contribution >= 0.6 is 11.3 Å². The van der Waals surface area contributed by atoms with Gasteiger partial charge >= 0.3 is 0 Å². The summed E-state index contributed by atoms with van der Waals surface area (Å²) in [6.45, 7) is 6.77. The molecule has 0 saturated carbocycles. The number of aromatic nitrogens is 1. The summed E-state index contributed by atoms with van der Waals surface area (Å²) in [6.07, 6.45) is 2.18. The van der Waals surface area contributed by atoms with Crippen LogP contribution < -0.4 is 0 Å². The molecule has 11 heavy (non-hydrogen) atoms. The summed E-state index contributed by atoms with van der Waals surface area (Å²) in [5.74, 6) is 0. The van der Waals surface area contributed by atoms with Crippen molar-refractivity contribution in [2.45, 2.75) is 33.5 Å². The molecule has 0 N–H and O–H groups in total. The molecule has 0 unspecified atom stereocenters. The fraction of sp³-hybridized carbons (Fsp3) is 0.625. The molecule has 1 aromatic heterocycles. The van der Waals surface area contributed by atoms with Gasteiger partial charge in [-0.1, -0.05) is 0 Å². The summed E-state index contributed by atoms with van der Waals surface area (Å²) in [5, 5.41) is 1.10. The molecule has 0 aliphatic carbocycles. The standard InChI is InChI=1S/C8H13NOS/c1-6(2)10-5-8-4-9-7(3)11-8/h4,6H,5H2,1-3H3. The molecule has 0 radical (unpaired) electrons. The van der Waals surface area contributed by atoms with E-state index < -0.39 is 0 Å². The molecule has 2 nitrogen and oxygen atoms in total. The summed E-state index contributed by atoms with van der Waals surface area (Å²) in [5.41, 5.74) is 0. The molecule has 3 heteroatoms. The van der Waals surface area contributed by atoms with Gasteiger partial charge in [0.25, 0.3) is 0 Å². The van der Waals surface area contributed by atoms with Crippen LogP contribution in [0.15, 0.2) is 6.20 Å². The highest BCUT2D eigenvalue weighted by Crippen LogP contribution is 2.12. The van der Waals surface area contributed by atoms with Crippen LogP contribution in [-0.2, 0) is 11.3 Å². The lowest BCUT2D eigenvalue weighted by molar-refractivity contribution is 0.0673. The fourth-order valence-electron chi connectivity index (χ4n) is 0.721. The quantitative estimate of drug-likeness (QED) is 0.696. The zero-order valence-corrected chi connectivity index (χ0v) is 7.94. The third kappa shape index (κ3) is 2.99. The van der Waals surface area contributed by atoms with E-state index in [1.165, 1.54) is 4.88 Å². The van der Waals surface area contributed by atoms with E-state index in [4.69, 9.17) is 4.74 Å². The van der Waals surface area contributed by atoms with Crippen molar-refractivity contribution in [1.82, 2.24) is 4.98 Å². The molecule has 1 rings (SSSR count). The molecule has 0 aliphatic rings. The predicted octanol–water partition coefficient (Wildman–Crippen LogP) is 2.38. The van der Waals surface area contributed by atoms with Crippen LogP contribution in [0.2, 0.25) is 0 Å². The van der Waals surface area contributed by atoms with Crippen molar-refractivity contribution in [3.05, 3.63) is 16.1 Å². The molecule has 0 atom stereocenters. The van der Waals surface area contributed by atoms with Gasteiger partial charge in [0, 0.05) is 6.20 Å². The summed E-state index contributed by atoms with van der Waals surface area (Å²) in [7, 11) is 0. The maximum atomic E-state index is 5.41. The van der Waals surface area contributed by atoms with Crippen molar-refractivity contribution in [1.29, 1.82) is 0 Å². The van der Waals surface area contributed by atoms with Crippen molar-refractivity contribution in [3.8, 4) is 0 Å². The predicted molar refractivity (Wildman–Crippen MR) is 46.8 cm³/mol. The summed E-state index contributed by atoms with van der Waals surface area (Å²) < 4.78 is 5.41. The second kappa shape index (κ2) is 3.83. The van der Waals surface area contributed by atoms with E-state index in [0.29, 0.717) is 12.7 Å². The van der Waals surface area contributed by atoms with Crippen LogP contribution in [0.5, 0.6) is 0 Å². The molecule has 0 aliphatic heterocycles. The van der Waals surface area contributed by atoms with Gasteiger partial charge in [-0.05, 0) is 20.8 Å². The highest BCUT2D eigenvalue weighted by molar-refractivity contribution is 7.11. The molecule has 0 fully saturated rings. The van der Waals surface area contributed by atoms with Gasteiger partial charge in [-0.25, -0.2) is 4.98 Å². The average Bonchev–Trinajstić information content (AvgIpc) is 2.31. The number of ether oxygens (including phenoxy) is 1. The van der Waals surface area contributed by atoms with Gasteiger partial charge in [0.15, 0.2) is 0 Å². The Labute approximate surface area is 71.2 Å². The number of hydrogen-bond acceptors (Lipinski definition) is 3. The minimum absolute atomic E-state index is 0.303. The van der Waals surface area contributed by atoms with E-state index in [0.717, 1.165) is 5.01 Å². The van der Waals surface area contributed by atoms with E-state index in [2.05, 4.69) is 4.98 Å². The molecule has 0 spiro atoms. The third-order valence-corrected chi connectivity index (χ3v) is 2.11. The Balaban J connectivity index is 2.39. The van der Waals surface area contributed by atoms with E-state index in [1.54, 1.807) is 11.3 Å². The first-order valence-electron chi connectivity index (χ1n) is 3.71. The smallest absolute Gasteiger partial charge is 0.0897 e. The average molecular weight is 171 g/mol. The van der Waals surface area contributed by atoms with Crippen LogP contribution in [0.4, 0.5) is 0 Å². The third-order valence-electron chi connectivity index (χ3n) is 1.23. The second-order valence-corrected chi connectivity index (χ2v) is 4.02. The molecular weight excluding hydrogens is 158 g/mol. The number of rotatable bonds is 3. The first-order chi connectivity index (χ1) is 5.18. The highest BCUT2D eigenvalue weighted by atomic mass is 32.1. The minimum Gasteiger partial charge on any atom is -0.373 e. The zero-order chi connectivity index (χ0) is 8.27. The number of hydrogen-bond donors (Lipinski definition) is 0. The fourth-order valence-corrected chi connectivity index (χ4v) is 1.44. The molecule has 0 amide bonds. The Morgan fingerprint density at radius 3 is 2.82 bits per heavy atom. The van der Waals surface area contributed by atoms with Crippen LogP contribution in [0.1, 0.15) is 23.7 Å². The van der Waals surface area contributed by atoms with E-state index in [1.807, 2.05) is 27.0 Å².